The van der Waals surface area contributed by atoms with Gasteiger partial charge < -0.3 is 15.4 Å². The first-order chi connectivity index (χ1) is 17.6. The predicted molar refractivity (Wildman–Crippen MR) is 151 cm³/mol. The van der Waals surface area contributed by atoms with E-state index < -0.39 is 11.7 Å². The van der Waals surface area contributed by atoms with Crippen molar-refractivity contribution in [1.82, 2.24) is 15.3 Å². The summed E-state index contributed by atoms with van der Waals surface area (Å²) in [6.07, 6.45) is 2.25. The maximum atomic E-state index is 12.1. The molecule has 4 aromatic rings. The van der Waals surface area contributed by atoms with Gasteiger partial charge in [-0.05, 0) is 87.9 Å². The Morgan fingerprint density at radius 3 is 2.54 bits per heavy atom. The first-order valence-corrected chi connectivity index (χ1v) is 12.7. The largest absolute Gasteiger partial charge is 0.444 e. The van der Waals surface area contributed by atoms with E-state index in [1.165, 1.54) is 22.3 Å². The van der Waals surface area contributed by atoms with E-state index in [9.17, 15) is 4.79 Å². The van der Waals surface area contributed by atoms with Crippen molar-refractivity contribution in [2.24, 2.45) is 0 Å². The third kappa shape index (κ3) is 7.06. The molecule has 1 aromatic heterocycles. The zero-order valence-electron chi connectivity index (χ0n) is 22.5. The van der Waals surface area contributed by atoms with Crippen LogP contribution in [0, 0.1) is 6.92 Å². The molecule has 37 heavy (non-hydrogen) atoms. The molecule has 0 unspecified atom stereocenters. The maximum Gasteiger partial charge on any atom is 0.408 e. The molecule has 0 aliphatic carbocycles. The lowest BCUT2D eigenvalue weighted by atomic mass is 9.99. The molecule has 0 radical (unpaired) electrons. The lowest BCUT2D eigenvalue weighted by Gasteiger charge is -2.22. The molecule has 1 amide bonds. The number of nitrogens with one attached hydrogen (secondary N) is 2. The summed E-state index contributed by atoms with van der Waals surface area (Å²) in [6, 6.07) is 22.9. The molecule has 2 atom stereocenters. The number of anilines is 1. The number of ether oxygens (including phenoxy) is 1. The Morgan fingerprint density at radius 2 is 1.78 bits per heavy atom. The molecule has 0 saturated heterocycles. The summed E-state index contributed by atoms with van der Waals surface area (Å²) in [5.74, 6) is 0.611. The summed E-state index contributed by atoms with van der Waals surface area (Å²) in [7, 11) is 0. The van der Waals surface area contributed by atoms with Crippen LogP contribution in [-0.4, -0.2) is 27.7 Å². The van der Waals surface area contributed by atoms with Crippen molar-refractivity contribution in [2.75, 3.05) is 5.32 Å². The Hall–Kier alpha value is -3.93. The van der Waals surface area contributed by atoms with Gasteiger partial charge in [-0.3, -0.25) is 0 Å². The number of rotatable bonds is 7. The first-order valence-electron chi connectivity index (χ1n) is 12.7. The number of hydrogen-bond donors (Lipinski definition) is 2. The van der Waals surface area contributed by atoms with Crippen molar-refractivity contribution in [3.63, 3.8) is 0 Å². The van der Waals surface area contributed by atoms with Crippen molar-refractivity contribution in [3.8, 4) is 11.1 Å². The number of fused-ring (bicyclic) bond motifs is 1. The van der Waals surface area contributed by atoms with Crippen LogP contribution in [0.5, 0.6) is 0 Å². The van der Waals surface area contributed by atoms with Crippen LogP contribution in [0.15, 0.2) is 72.9 Å². The van der Waals surface area contributed by atoms with Crippen molar-refractivity contribution in [3.05, 3.63) is 89.6 Å². The van der Waals surface area contributed by atoms with Gasteiger partial charge in [-0.1, -0.05) is 54.6 Å². The zero-order chi connectivity index (χ0) is 26.6. The van der Waals surface area contributed by atoms with Crippen LogP contribution in [0.4, 0.5) is 10.7 Å². The highest BCUT2D eigenvalue weighted by Gasteiger charge is 2.18. The molecule has 4 rings (SSSR count). The molecule has 2 N–H and O–H groups in total. The third-order valence-corrected chi connectivity index (χ3v) is 6.14. The van der Waals surface area contributed by atoms with Crippen LogP contribution in [0.2, 0.25) is 0 Å². The first kappa shape index (κ1) is 26.1. The van der Waals surface area contributed by atoms with Crippen LogP contribution in [0.3, 0.4) is 0 Å². The smallest absolute Gasteiger partial charge is 0.408 e. The molecule has 192 valence electrons. The number of carbonyl (C=O) groups excluding carboxylic acids is 1. The average Bonchev–Trinajstić information content (AvgIpc) is 2.83. The molecular formula is C31H36N4O2. The summed E-state index contributed by atoms with van der Waals surface area (Å²) in [5.41, 5.74) is 6.21. The minimum atomic E-state index is -0.527. The number of aromatic nitrogens is 2. The van der Waals surface area contributed by atoms with Gasteiger partial charge in [0.25, 0.3) is 0 Å². The summed E-state index contributed by atoms with van der Waals surface area (Å²) < 4.78 is 5.38. The zero-order valence-corrected chi connectivity index (χ0v) is 22.5. The van der Waals surface area contributed by atoms with Gasteiger partial charge in [-0.25, -0.2) is 14.8 Å². The summed E-state index contributed by atoms with van der Waals surface area (Å²) in [6.45, 7) is 11.8. The highest BCUT2D eigenvalue weighted by molar-refractivity contribution is 5.85. The van der Waals surface area contributed by atoms with E-state index >= 15 is 0 Å². The van der Waals surface area contributed by atoms with E-state index in [2.05, 4.69) is 84.1 Å². The molecule has 0 aliphatic heterocycles. The molecule has 3 aromatic carbocycles. The van der Waals surface area contributed by atoms with Crippen LogP contribution in [0.25, 0.3) is 22.0 Å². The number of hydrogen-bond acceptors (Lipinski definition) is 5. The summed E-state index contributed by atoms with van der Waals surface area (Å²) in [4.78, 5) is 21.5. The second kappa shape index (κ2) is 11.0. The molecule has 0 saturated carbocycles. The van der Waals surface area contributed by atoms with Gasteiger partial charge in [0.2, 0.25) is 5.95 Å². The van der Waals surface area contributed by atoms with Gasteiger partial charge in [0.15, 0.2) is 0 Å². The molecule has 1 heterocycles. The Morgan fingerprint density at radius 1 is 1.00 bits per heavy atom. The van der Waals surface area contributed by atoms with Crippen LogP contribution < -0.4 is 10.6 Å². The maximum absolute atomic E-state index is 12.1. The molecule has 0 spiro atoms. The lowest BCUT2D eigenvalue weighted by Crippen LogP contribution is -2.34. The average molecular weight is 497 g/mol. The topological polar surface area (TPSA) is 76.1 Å². The Kier molecular flexibility index (Phi) is 7.77. The fourth-order valence-electron chi connectivity index (χ4n) is 4.35. The fraction of sp³-hybridized carbons (Fsp3) is 0.323. The quantitative estimate of drug-likeness (QED) is 0.282. The van der Waals surface area contributed by atoms with Crippen molar-refractivity contribution in [1.29, 1.82) is 0 Å². The highest BCUT2D eigenvalue weighted by atomic mass is 16.6. The van der Waals surface area contributed by atoms with E-state index in [0.717, 1.165) is 22.9 Å². The molecule has 6 heteroatoms. The number of aryl methyl sites for hydroxylation is 1. The number of nitrogens with zero attached hydrogens (tertiary/aromatic N) is 2. The van der Waals surface area contributed by atoms with Gasteiger partial charge in [-0.15, -0.1) is 0 Å². The SMILES string of the molecule is Cc1ccccc1-c1ccc2nc(N[C@@H](C)Cc3cccc([C@H](C)NC(=O)OC(C)(C)C)c3)ncc2c1. The van der Waals surface area contributed by atoms with E-state index in [4.69, 9.17) is 9.72 Å². The van der Waals surface area contributed by atoms with Gasteiger partial charge in [0.1, 0.15) is 5.60 Å². The Labute approximate surface area is 219 Å². The Balaban J connectivity index is 1.40. The lowest BCUT2D eigenvalue weighted by molar-refractivity contribution is 0.0508. The fourth-order valence-corrected chi connectivity index (χ4v) is 4.35. The third-order valence-electron chi connectivity index (χ3n) is 6.14. The minimum absolute atomic E-state index is 0.119. The molecule has 6 nitrogen and oxygen atoms in total. The monoisotopic (exact) mass is 496 g/mol. The van der Waals surface area contributed by atoms with Crippen LogP contribution in [0.1, 0.15) is 57.4 Å². The number of amides is 1. The predicted octanol–water partition coefficient (Wildman–Crippen LogP) is 7.23. The molecule has 0 aliphatic rings. The second-order valence-corrected chi connectivity index (χ2v) is 10.6. The number of carbonyl (C=O) groups is 1. The van der Waals surface area contributed by atoms with Crippen LogP contribution in [-0.2, 0) is 11.2 Å². The normalized spacial score (nSPS) is 13.1. The van der Waals surface area contributed by atoms with Crippen molar-refractivity contribution < 1.29 is 9.53 Å². The number of benzene rings is 3. The molecule has 0 bridgehead atoms. The van der Waals surface area contributed by atoms with Crippen molar-refractivity contribution in [2.45, 2.75) is 65.6 Å². The van der Waals surface area contributed by atoms with Crippen molar-refractivity contribution >= 4 is 22.9 Å². The summed E-state index contributed by atoms with van der Waals surface area (Å²) >= 11 is 0. The van der Waals surface area contributed by atoms with E-state index in [1.54, 1.807) is 0 Å². The van der Waals surface area contributed by atoms with E-state index in [0.29, 0.717) is 5.95 Å². The van der Waals surface area contributed by atoms with Crippen LogP contribution >= 0.6 is 0 Å². The van der Waals surface area contributed by atoms with Gasteiger partial charge in [0, 0.05) is 17.6 Å². The Bertz CT molecular complexity index is 1390. The summed E-state index contributed by atoms with van der Waals surface area (Å²) in [5, 5.41) is 7.36. The van der Waals surface area contributed by atoms with Gasteiger partial charge >= 0.3 is 6.09 Å². The highest BCUT2D eigenvalue weighted by Crippen LogP contribution is 2.26. The standard InChI is InChI=1S/C31H36N4O2/c1-20-10-7-8-13-27(20)25-14-15-28-26(18-25)19-32-29(35-28)33-21(2)16-23-11-9-12-24(17-23)22(3)34-30(36)37-31(4,5)6/h7-15,17-19,21-22H,16H2,1-6H3,(H,34,36)(H,32,33,35)/t21-,22-/m0/s1. The second-order valence-electron chi connectivity index (χ2n) is 10.6. The molecule has 0 fully saturated rings. The van der Waals surface area contributed by atoms with E-state index in [1.807, 2.05) is 46.0 Å². The number of alkyl carbamates (subject to hydrolysis) is 1. The van der Waals surface area contributed by atoms with Gasteiger partial charge in [0.05, 0.1) is 11.6 Å². The van der Waals surface area contributed by atoms with Gasteiger partial charge in [-0.2, -0.15) is 0 Å². The molecular weight excluding hydrogens is 460 g/mol. The minimum Gasteiger partial charge on any atom is -0.444 e. The van der Waals surface area contributed by atoms with E-state index in [-0.39, 0.29) is 12.1 Å².